The van der Waals surface area contributed by atoms with Crippen LogP contribution >= 0.6 is 0 Å². The van der Waals surface area contributed by atoms with Gasteiger partial charge in [-0.3, -0.25) is 4.90 Å². The van der Waals surface area contributed by atoms with E-state index in [4.69, 9.17) is 10.5 Å². The molecule has 20 heavy (non-hydrogen) atoms. The van der Waals surface area contributed by atoms with Crippen molar-refractivity contribution in [1.29, 1.82) is 0 Å². The van der Waals surface area contributed by atoms with Crippen LogP contribution in [0.2, 0.25) is 0 Å². The van der Waals surface area contributed by atoms with Gasteiger partial charge >= 0.3 is 0 Å². The van der Waals surface area contributed by atoms with Gasteiger partial charge in [0.05, 0.1) is 5.69 Å². The van der Waals surface area contributed by atoms with E-state index < -0.39 is 0 Å². The molecule has 0 saturated heterocycles. The second-order valence-electron chi connectivity index (χ2n) is 5.75. The van der Waals surface area contributed by atoms with Gasteiger partial charge in [0.2, 0.25) is 0 Å². The zero-order valence-corrected chi connectivity index (χ0v) is 13.4. The fraction of sp³-hybridized carbons (Fsp3) is 0.647. The van der Waals surface area contributed by atoms with E-state index in [-0.39, 0.29) is 0 Å². The molecule has 0 fully saturated rings. The molecule has 0 aliphatic rings. The zero-order valence-electron chi connectivity index (χ0n) is 13.4. The number of para-hydroxylation sites is 2. The maximum Gasteiger partial charge on any atom is 0.142 e. The largest absolute Gasteiger partial charge is 0.490 e. The summed E-state index contributed by atoms with van der Waals surface area (Å²) in [6, 6.07) is 8.34. The van der Waals surface area contributed by atoms with Crippen molar-refractivity contribution >= 4 is 5.69 Å². The summed E-state index contributed by atoms with van der Waals surface area (Å²) in [6.45, 7) is 11.8. The molecule has 1 aromatic rings. The molecule has 114 valence electrons. The standard InChI is InChI=1S/C17H30N2O/c1-5-15(6-2)19(13-14(3)4)11-12-20-17-10-8-7-9-16(17)18/h7-10,14-15H,5-6,11-13,18H2,1-4H3. The molecule has 0 aliphatic heterocycles. The predicted molar refractivity (Wildman–Crippen MR) is 87.1 cm³/mol. The topological polar surface area (TPSA) is 38.5 Å². The van der Waals surface area contributed by atoms with Gasteiger partial charge in [0, 0.05) is 19.1 Å². The Kier molecular flexibility index (Phi) is 7.45. The van der Waals surface area contributed by atoms with Gasteiger partial charge in [0.15, 0.2) is 0 Å². The first-order valence-corrected chi connectivity index (χ1v) is 7.79. The number of ether oxygens (including phenoxy) is 1. The third kappa shape index (κ3) is 5.41. The molecule has 0 spiro atoms. The highest BCUT2D eigenvalue weighted by Crippen LogP contribution is 2.20. The maximum absolute atomic E-state index is 5.89. The molecule has 3 heteroatoms. The average molecular weight is 278 g/mol. The minimum atomic E-state index is 0.647. The lowest BCUT2D eigenvalue weighted by molar-refractivity contribution is 0.137. The molecule has 0 bridgehead atoms. The quantitative estimate of drug-likeness (QED) is 0.698. The van der Waals surface area contributed by atoms with Crippen molar-refractivity contribution in [1.82, 2.24) is 4.90 Å². The van der Waals surface area contributed by atoms with Crippen molar-refractivity contribution in [3.63, 3.8) is 0 Å². The van der Waals surface area contributed by atoms with Gasteiger partial charge in [-0.15, -0.1) is 0 Å². The van der Waals surface area contributed by atoms with Gasteiger partial charge in [0.1, 0.15) is 12.4 Å². The van der Waals surface area contributed by atoms with Crippen molar-refractivity contribution in [2.24, 2.45) is 5.92 Å². The Balaban J connectivity index is 2.51. The van der Waals surface area contributed by atoms with Gasteiger partial charge in [-0.25, -0.2) is 0 Å². The Morgan fingerprint density at radius 2 is 1.80 bits per heavy atom. The molecule has 0 aromatic heterocycles. The van der Waals surface area contributed by atoms with Crippen LogP contribution in [-0.2, 0) is 0 Å². The molecule has 0 atom stereocenters. The Morgan fingerprint density at radius 3 is 2.35 bits per heavy atom. The van der Waals surface area contributed by atoms with Crippen LogP contribution in [0.1, 0.15) is 40.5 Å². The Labute approximate surface area is 124 Å². The van der Waals surface area contributed by atoms with E-state index in [1.807, 2.05) is 24.3 Å². The molecule has 3 nitrogen and oxygen atoms in total. The lowest BCUT2D eigenvalue weighted by Gasteiger charge is -2.31. The highest BCUT2D eigenvalue weighted by molar-refractivity contribution is 5.51. The third-order valence-electron chi connectivity index (χ3n) is 3.61. The lowest BCUT2D eigenvalue weighted by Crippen LogP contribution is -2.40. The summed E-state index contributed by atoms with van der Waals surface area (Å²) in [4.78, 5) is 2.55. The van der Waals surface area contributed by atoms with Gasteiger partial charge in [0.25, 0.3) is 0 Å². The minimum absolute atomic E-state index is 0.647. The SMILES string of the molecule is CCC(CC)N(CCOc1ccccc1N)CC(C)C. The Bertz CT molecular complexity index is 375. The van der Waals surface area contributed by atoms with Gasteiger partial charge in [-0.05, 0) is 30.9 Å². The van der Waals surface area contributed by atoms with Crippen molar-refractivity contribution in [3.8, 4) is 5.75 Å². The summed E-state index contributed by atoms with van der Waals surface area (Å²) >= 11 is 0. The molecule has 0 amide bonds. The van der Waals surface area contributed by atoms with Gasteiger partial charge in [-0.2, -0.15) is 0 Å². The Hall–Kier alpha value is -1.22. The second kappa shape index (κ2) is 8.85. The van der Waals surface area contributed by atoms with E-state index in [0.717, 1.165) is 18.8 Å². The van der Waals surface area contributed by atoms with Crippen LogP contribution in [0, 0.1) is 5.92 Å². The molecular formula is C17H30N2O. The molecule has 1 aromatic carbocycles. The van der Waals surface area contributed by atoms with E-state index >= 15 is 0 Å². The maximum atomic E-state index is 5.89. The van der Waals surface area contributed by atoms with Crippen LogP contribution in [0.25, 0.3) is 0 Å². The number of anilines is 1. The monoisotopic (exact) mass is 278 g/mol. The van der Waals surface area contributed by atoms with Gasteiger partial charge in [-0.1, -0.05) is 39.8 Å². The fourth-order valence-electron chi connectivity index (χ4n) is 2.58. The molecule has 0 aliphatic carbocycles. The fourth-order valence-corrected chi connectivity index (χ4v) is 2.58. The summed E-state index contributed by atoms with van der Waals surface area (Å²) in [5, 5.41) is 0. The highest BCUT2D eigenvalue weighted by Gasteiger charge is 2.16. The number of hydrogen-bond acceptors (Lipinski definition) is 3. The third-order valence-corrected chi connectivity index (χ3v) is 3.61. The van der Waals surface area contributed by atoms with Crippen molar-refractivity contribution in [3.05, 3.63) is 24.3 Å². The number of nitrogens with zero attached hydrogens (tertiary/aromatic N) is 1. The van der Waals surface area contributed by atoms with Crippen LogP contribution in [0.5, 0.6) is 5.75 Å². The van der Waals surface area contributed by atoms with Crippen LogP contribution < -0.4 is 10.5 Å². The lowest BCUT2D eigenvalue weighted by atomic mass is 10.1. The summed E-state index contributed by atoms with van der Waals surface area (Å²) < 4.78 is 5.82. The summed E-state index contributed by atoms with van der Waals surface area (Å²) in [6.07, 6.45) is 2.38. The summed E-state index contributed by atoms with van der Waals surface area (Å²) in [5.41, 5.74) is 6.61. The van der Waals surface area contributed by atoms with Crippen LogP contribution in [0.3, 0.4) is 0 Å². The number of nitrogens with two attached hydrogens (primary N) is 1. The van der Waals surface area contributed by atoms with E-state index in [0.29, 0.717) is 24.3 Å². The first-order chi connectivity index (χ1) is 9.58. The molecule has 0 heterocycles. The molecule has 0 saturated carbocycles. The number of hydrogen-bond donors (Lipinski definition) is 1. The second-order valence-corrected chi connectivity index (χ2v) is 5.75. The number of nitrogen functional groups attached to an aromatic ring is 1. The molecular weight excluding hydrogens is 248 g/mol. The van der Waals surface area contributed by atoms with Crippen molar-refractivity contribution in [2.75, 3.05) is 25.4 Å². The van der Waals surface area contributed by atoms with Gasteiger partial charge < -0.3 is 10.5 Å². The van der Waals surface area contributed by atoms with Crippen molar-refractivity contribution < 1.29 is 4.74 Å². The van der Waals surface area contributed by atoms with Crippen molar-refractivity contribution in [2.45, 2.75) is 46.6 Å². The normalized spacial score (nSPS) is 11.6. The molecule has 0 radical (unpaired) electrons. The molecule has 1 rings (SSSR count). The first kappa shape index (κ1) is 16.8. The summed E-state index contributed by atoms with van der Waals surface area (Å²) in [5.74, 6) is 1.47. The Morgan fingerprint density at radius 1 is 1.15 bits per heavy atom. The highest BCUT2D eigenvalue weighted by atomic mass is 16.5. The van der Waals surface area contributed by atoms with E-state index in [2.05, 4.69) is 32.6 Å². The number of benzene rings is 1. The smallest absolute Gasteiger partial charge is 0.142 e. The van der Waals surface area contributed by atoms with E-state index in [1.54, 1.807) is 0 Å². The predicted octanol–water partition coefficient (Wildman–Crippen LogP) is 3.79. The van der Waals surface area contributed by atoms with E-state index in [9.17, 15) is 0 Å². The van der Waals surface area contributed by atoms with Crippen LogP contribution in [0.4, 0.5) is 5.69 Å². The van der Waals surface area contributed by atoms with Crippen LogP contribution in [0.15, 0.2) is 24.3 Å². The van der Waals surface area contributed by atoms with E-state index in [1.165, 1.54) is 12.8 Å². The molecule has 0 unspecified atom stereocenters. The average Bonchev–Trinajstić information content (AvgIpc) is 2.41. The summed E-state index contributed by atoms with van der Waals surface area (Å²) in [7, 11) is 0. The first-order valence-electron chi connectivity index (χ1n) is 7.79. The number of rotatable bonds is 9. The molecule has 2 N–H and O–H groups in total. The minimum Gasteiger partial charge on any atom is -0.490 e. The zero-order chi connectivity index (χ0) is 15.0. The van der Waals surface area contributed by atoms with Crippen LogP contribution in [-0.4, -0.2) is 30.6 Å².